The van der Waals surface area contributed by atoms with E-state index >= 15 is 0 Å². The number of halogens is 3. The molecule has 0 aliphatic heterocycles. The average molecular weight is 649 g/mol. The molecule has 0 fully saturated rings. The number of rotatable bonds is 4. The van der Waals surface area contributed by atoms with Crippen LogP contribution in [0.4, 0.5) is 13.2 Å². The summed E-state index contributed by atoms with van der Waals surface area (Å²) in [5, 5.41) is 2.33. The van der Waals surface area contributed by atoms with Crippen LogP contribution in [0.15, 0.2) is 83.3 Å². The topological polar surface area (TPSA) is 34.8 Å². The summed E-state index contributed by atoms with van der Waals surface area (Å²) >= 11 is 0.672. The van der Waals surface area contributed by atoms with Gasteiger partial charge in [-0.15, -0.1) is 11.3 Å². The third-order valence-electron chi connectivity index (χ3n) is 9.40. The Morgan fingerprint density at radius 3 is 2.13 bits per heavy atom. The number of furan rings is 1. The number of hydrogen-bond acceptors (Lipinski definition) is 3. The molecule has 0 bridgehead atoms. The molecule has 236 valence electrons. The van der Waals surface area contributed by atoms with Crippen LogP contribution in [0.25, 0.3) is 71.0 Å². The molecule has 0 N–H and O–H groups in total. The van der Waals surface area contributed by atoms with Crippen molar-refractivity contribution in [2.24, 2.45) is 7.05 Å². The van der Waals surface area contributed by atoms with Gasteiger partial charge in [-0.1, -0.05) is 94.4 Å². The van der Waals surface area contributed by atoms with Crippen molar-refractivity contribution in [3.8, 4) is 17.1 Å². The van der Waals surface area contributed by atoms with Crippen molar-refractivity contribution in [2.75, 3.05) is 0 Å². The Hall–Kier alpha value is -4.69. The van der Waals surface area contributed by atoms with Crippen LogP contribution in [0.5, 0.6) is 0 Å². The van der Waals surface area contributed by atoms with Crippen molar-refractivity contribution in [2.45, 2.75) is 52.6 Å². The molecule has 0 amide bonds. The van der Waals surface area contributed by atoms with Gasteiger partial charge in [0.2, 0.25) is 0 Å². The smallest absolute Gasteiger partial charge is 0.443 e. The van der Waals surface area contributed by atoms with Crippen LogP contribution in [-0.4, -0.2) is 9.55 Å². The second-order valence-corrected chi connectivity index (χ2v) is 14.0. The predicted molar refractivity (Wildman–Crippen MR) is 186 cm³/mol. The van der Waals surface area contributed by atoms with Crippen molar-refractivity contribution in [3.63, 3.8) is 0 Å². The first-order valence-corrected chi connectivity index (χ1v) is 16.7. The summed E-state index contributed by atoms with van der Waals surface area (Å²) < 4.78 is 53.9. The molecule has 4 nitrogen and oxygen atoms in total. The maximum Gasteiger partial charge on any atom is 0.443 e. The number of benzene rings is 5. The Morgan fingerprint density at radius 2 is 1.45 bits per heavy atom. The van der Waals surface area contributed by atoms with Crippen molar-refractivity contribution >= 4 is 65.3 Å². The molecule has 0 aliphatic rings. The highest BCUT2D eigenvalue weighted by Crippen LogP contribution is 2.48. The number of aryl methyl sites for hydroxylation is 2. The van der Waals surface area contributed by atoms with Crippen LogP contribution in [0.2, 0.25) is 0 Å². The molecule has 8 heteroatoms. The number of imidazole rings is 1. The van der Waals surface area contributed by atoms with E-state index in [-0.39, 0.29) is 17.4 Å². The summed E-state index contributed by atoms with van der Waals surface area (Å²) in [6.07, 6.45) is -4.56. The molecule has 3 heterocycles. The lowest BCUT2D eigenvalue weighted by molar-refractivity contribution is -0.633. The normalized spacial score (nSPS) is 12.7. The average Bonchev–Trinajstić information content (AvgIpc) is 3.74. The van der Waals surface area contributed by atoms with E-state index in [0.717, 1.165) is 55.2 Å². The lowest BCUT2D eigenvalue weighted by Crippen LogP contribution is -2.30. The second-order valence-electron chi connectivity index (χ2n) is 13.0. The number of aromatic nitrogens is 3. The van der Waals surface area contributed by atoms with Crippen LogP contribution in [0.3, 0.4) is 0 Å². The van der Waals surface area contributed by atoms with E-state index < -0.39 is 11.2 Å². The minimum Gasteiger partial charge on any atom is -0.453 e. The van der Waals surface area contributed by atoms with E-state index in [1.54, 1.807) is 0 Å². The Balaban J connectivity index is 1.58. The zero-order valence-corrected chi connectivity index (χ0v) is 27.8. The van der Waals surface area contributed by atoms with Crippen LogP contribution >= 0.6 is 11.3 Å². The molecule has 0 unspecified atom stereocenters. The summed E-state index contributed by atoms with van der Waals surface area (Å²) in [4.78, 5) is 4.15. The lowest BCUT2D eigenvalue weighted by Gasteiger charge is -2.18. The van der Waals surface area contributed by atoms with Crippen molar-refractivity contribution < 1.29 is 22.2 Å². The van der Waals surface area contributed by atoms with Gasteiger partial charge in [0.1, 0.15) is 16.8 Å². The lowest BCUT2D eigenvalue weighted by atomic mass is 9.92. The first-order chi connectivity index (χ1) is 22.5. The molecule has 0 saturated heterocycles. The minimum atomic E-state index is -4.56. The van der Waals surface area contributed by atoms with Crippen molar-refractivity contribution in [1.82, 2.24) is 9.55 Å². The first kappa shape index (κ1) is 29.7. The zero-order valence-electron chi connectivity index (χ0n) is 27.0. The third kappa shape index (κ3) is 4.27. The molecule has 47 heavy (non-hydrogen) atoms. The molecule has 0 saturated carbocycles. The van der Waals surface area contributed by atoms with Gasteiger partial charge in [-0.25, -0.2) is 9.55 Å². The maximum absolute atomic E-state index is 14.0. The number of fused-ring (bicyclic) bond motifs is 9. The fraction of sp³-hybridized carbons (Fsp3) is 0.231. The van der Waals surface area contributed by atoms with Gasteiger partial charge in [0.05, 0.1) is 11.7 Å². The fourth-order valence-corrected chi connectivity index (χ4v) is 8.21. The van der Waals surface area contributed by atoms with Crippen LogP contribution in [-0.2, 0) is 13.2 Å². The van der Waals surface area contributed by atoms with Crippen LogP contribution < -0.4 is 4.57 Å². The predicted octanol–water partition coefficient (Wildman–Crippen LogP) is 11.4. The van der Waals surface area contributed by atoms with Gasteiger partial charge in [0.25, 0.3) is 5.82 Å². The van der Waals surface area contributed by atoms with Gasteiger partial charge in [0.15, 0.2) is 27.2 Å². The standard InChI is InChI=1S/C39H33F3N3OS/c1-20(2)23-14-11-15-24(21(3)4)33(23)45-29-17-10-9-16-28(29)44(6)37(45)30-22(5)18-19-27-31-25-12-7-8-13-26(25)36-32(35(31)46-34(27)30)43-38(47-36)39(40,41)42/h7-21H,1-6H3/q+1. The van der Waals surface area contributed by atoms with Crippen LogP contribution in [0, 0.1) is 6.92 Å². The Labute approximate surface area is 273 Å². The second kappa shape index (κ2) is 10.4. The summed E-state index contributed by atoms with van der Waals surface area (Å²) in [7, 11) is 2.08. The minimum absolute atomic E-state index is 0.244. The summed E-state index contributed by atoms with van der Waals surface area (Å²) in [6.45, 7) is 11.0. The maximum atomic E-state index is 14.0. The van der Waals surface area contributed by atoms with Crippen molar-refractivity contribution in [1.29, 1.82) is 0 Å². The zero-order chi connectivity index (χ0) is 32.9. The molecular formula is C39H33F3N3OS+. The number of hydrogen-bond donors (Lipinski definition) is 0. The van der Waals surface area contributed by atoms with Gasteiger partial charge >= 0.3 is 6.18 Å². The quantitative estimate of drug-likeness (QED) is 0.178. The molecule has 8 aromatic rings. The van der Waals surface area contributed by atoms with Gasteiger partial charge in [0, 0.05) is 27.3 Å². The molecule has 0 radical (unpaired) electrons. The molecule has 5 aromatic carbocycles. The van der Waals surface area contributed by atoms with Gasteiger partial charge < -0.3 is 4.42 Å². The van der Waals surface area contributed by atoms with E-state index in [1.165, 1.54) is 11.1 Å². The third-order valence-corrected chi connectivity index (χ3v) is 10.5. The fourth-order valence-electron chi connectivity index (χ4n) is 7.24. The first-order valence-electron chi connectivity index (χ1n) is 15.8. The van der Waals surface area contributed by atoms with E-state index in [9.17, 15) is 13.2 Å². The van der Waals surface area contributed by atoms with Gasteiger partial charge in [-0.2, -0.15) is 17.7 Å². The molecule has 0 spiro atoms. The number of para-hydroxylation sites is 3. The molecule has 0 aliphatic carbocycles. The summed E-state index contributed by atoms with van der Waals surface area (Å²) in [5.41, 5.74) is 8.90. The summed E-state index contributed by atoms with van der Waals surface area (Å²) in [5.74, 6) is 1.47. The van der Waals surface area contributed by atoms with Gasteiger partial charge in [-0.3, -0.25) is 0 Å². The number of alkyl halides is 3. The highest BCUT2D eigenvalue weighted by Gasteiger charge is 2.37. The van der Waals surface area contributed by atoms with E-state index in [1.807, 2.05) is 36.4 Å². The largest absolute Gasteiger partial charge is 0.453 e. The van der Waals surface area contributed by atoms with Gasteiger partial charge in [-0.05, 0) is 41.8 Å². The number of nitrogens with zero attached hydrogens (tertiary/aromatic N) is 3. The van der Waals surface area contributed by atoms with E-state index in [2.05, 4.69) is 98.2 Å². The number of thiazole rings is 1. The Bertz CT molecular complexity index is 2520. The molecular weight excluding hydrogens is 616 g/mol. The monoisotopic (exact) mass is 648 g/mol. The molecule has 8 rings (SSSR count). The Kier molecular flexibility index (Phi) is 6.58. The molecule has 3 aromatic heterocycles. The SMILES string of the molecule is Cc1ccc2c(oc3c4nc(C(F)(F)F)sc4c4ccccc4c23)c1-c1n(-c2c(C(C)C)cccc2C(C)C)c2ccccc2[n+]1C. The van der Waals surface area contributed by atoms with E-state index in [0.29, 0.717) is 27.2 Å². The Morgan fingerprint density at radius 1 is 0.787 bits per heavy atom. The van der Waals surface area contributed by atoms with Crippen LogP contribution in [0.1, 0.15) is 61.2 Å². The van der Waals surface area contributed by atoms with Crippen molar-refractivity contribution in [3.05, 3.63) is 101 Å². The van der Waals surface area contributed by atoms with E-state index in [4.69, 9.17) is 4.42 Å². The highest BCUT2D eigenvalue weighted by molar-refractivity contribution is 7.19. The summed E-state index contributed by atoms with van der Waals surface area (Å²) in [6, 6.07) is 26.7. The highest BCUT2D eigenvalue weighted by atomic mass is 32.1. The molecule has 0 atom stereocenters.